The highest BCUT2D eigenvalue weighted by atomic mass is 32.1. The van der Waals surface area contributed by atoms with Gasteiger partial charge in [-0.05, 0) is 49.4 Å². The van der Waals surface area contributed by atoms with Gasteiger partial charge in [-0.15, -0.1) is 11.3 Å². The van der Waals surface area contributed by atoms with Crippen molar-refractivity contribution in [3.8, 4) is 22.9 Å². The van der Waals surface area contributed by atoms with Gasteiger partial charge in [0.05, 0.1) is 18.1 Å². The number of phenols is 1. The SMILES string of the molecule is COc1ccc(O)c(-c2nc3sc4c(c3c(=O)[nH]2)CCCC4)c1. The van der Waals surface area contributed by atoms with Crippen molar-refractivity contribution in [3.63, 3.8) is 0 Å². The van der Waals surface area contributed by atoms with Gasteiger partial charge in [0.25, 0.3) is 5.56 Å². The summed E-state index contributed by atoms with van der Waals surface area (Å²) in [7, 11) is 1.56. The molecule has 2 heterocycles. The molecule has 1 aromatic carbocycles. The normalized spacial score (nSPS) is 14.0. The van der Waals surface area contributed by atoms with E-state index in [1.807, 2.05) is 0 Å². The molecule has 118 valence electrons. The number of benzene rings is 1. The zero-order valence-corrected chi connectivity index (χ0v) is 13.5. The molecule has 0 fully saturated rings. The van der Waals surface area contributed by atoms with E-state index in [1.165, 1.54) is 17.4 Å². The summed E-state index contributed by atoms with van der Waals surface area (Å²) in [6.07, 6.45) is 4.26. The molecule has 1 aliphatic carbocycles. The minimum absolute atomic E-state index is 0.0645. The van der Waals surface area contributed by atoms with Crippen LogP contribution in [0.1, 0.15) is 23.3 Å². The van der Waals surface area contributed by atoms with Crippen LogP contribution in [-0.4, -0.2) is 22.2 Å². The first-order valence-corrected chi connectivity index (χ1v) is 8.41. The molecule has 0 radical (unpaired) electrons. The third kappa shape index (κ3) is 2.30. The fourth-order valence-corrected chi connectivity index (χ4v) is 4.39. The summed E-state index contributed by atoms with van der Waals surface area (Å²) < 4.78 is 5.19. The van der Waals surface area contributed by atoms with E-state index in [4.69, 9.17) is 4.74 Å². The van der Waals surface area contributed by atoms with Crippen molar-refractivity contribution in [1.82, 2.24) is 9.97 Å². The van der Waals surface area contributed by atoms with Crippen molar-refractivity contribution in [2.45, 2.75) is 25.7 Å². The maximum atomic E-state index is 12.6. The van der Waals surface area contributed by atoms with E-state index < -0.39 is 0 Å². The van der Waals surface area contributed by atoms with Crippen molar-refractivity contribution in [2.75, 3.05) is 7.11 Å². The lowest BCUT2D eigenvalue weighted by molar-refractivity contribution is 0.412. The fraction of sp³-hybridized carbons (Fsp3) is 0.294. The second kappa shape index (κ2) is 5.38. The minimum atomic E-state index is -0.133. The summed E-state index contributed by atoms with van der Waals surface area (Å²) in [6.45, 7) is 0. The van der Waals surface area contributed by atoms with E-state index >= 15 is 0 Å². The van der Waals surface area contributed by atoms with Crippen molar-refractivity contribution < 1.29 is 9.84 Å². The largest absolute Gasteiger partial charge is 0.507 e. The molecule has 0 aliphatic heterocycles. The maximum absolute atomic E-state index is 12.6. The number of ether oxygens (including phenoxy) is 1. The van der Waals surface area contributed by atoms with Gasteiger partial charge >= 0.3 is 0 Å². The number of methoxy groups -OCH3 is 1. The molecule has 0 amide bonds. The Morgan fingerprint density at radius 3 is 2.96 bits per heavy atom. The number of hydrogen-bond donors (Lipinski definition) is 2. The number of rotatable bonds is 2. The van der Waals surface area contributed by atoms with Crippen LogP contribution in [0.25, 0.3) is 21.6 Å². The van der Waals surface area contributed by atoms with Crippen molar-refractivity contribution in [2.24, 2.45) is 0 Å². The van der Waals surface area contributed by atoms with Crippen molar-refractivity contribution >= 4 is 21.6 Å². The highest BCUT2D eigenvalue weighted by Gasteiger charge is 2.20. The van der Waals surface area contributed by atoms with Crippen LogP contribution in [0.5, 0.6) is 11.5 Å². The van der Waals surface area contributed by atoms with Crippen LogP contribution in [0.15, 0.2) is 23.0 Å². The molecule has 2 N–H and O–H groups in total. The average Bonchev–Trinajstić information content (AvgIpc) is 2.94. The Bertz CT molecular complexity index is 958. The molecule has 3 aromatic rings. The fourth-order valence-electron chi connectivity index (χ4n) is 3.12. The Labute approximate surface area is 136 Å². The van der Waals surface area contributed by atoms with E-state index in [2.05, 4.69) is 9.97 Å². The van der Waals surface area contributed by atoms with Crippen LogP contribution >= 0.6 is 11.3 Å². The number of aryl methyl sites for hydroxylation is 2. The predicted octanol–water partition coefficient (Wildman–Crippen LogP) is 3.24. The second-order valence-corrected chi connectivity index (χ2v) is 6.77. The van der Waals surface area contributed by atoms with E-state index in [0.29, 0.717) is 17.1 Å². The van der Waals surface area contributed by atoms with Crippen molar-refractivity contribution in [3.05, 3.63) is 39.0 Å². The van der Waals surface area contributed by atoms with Gasteiger partial charge in [0.1, 0.15) is 22.2 Å². The Hall–Kier alpha value is -2.34. The Morgan fingerprint density at radius 1 is 1.30 bits per heavy atom. The summed E-state index contributed by atoms with van der Waals surface area (Å²) in [5.74, 6) is 1.04. The summed E-state index contributed by atoms with van der Waals surface area (Å²) in [5, 5.41) is 10.8. The molecule has 23 heavy (non-hydrogen) atoms. The van der Waals surface area contributed by atoms with Crippen LogP contribution in [0.2, 0.25) is 0 Å². The van der Waals surface area contributed by atoms with Gasteiger partial charge in [-0.1, -0.05) is 0 Å². The summed E-state index contributed by atoms with van der Waals surface area (Å²) in [4.78, 5) is 22.0. The maximum Gasteiger partial charge on any atom is 0.260 e. The van der Waals surface area contributed by atoms with Gasteiger partial charge in [-0.2, -0.15) is 0 Å². The number of nitrogens with zero attached hydrogens (tertiary/aromatic N) is 1. The smallest absolute Gasteiger partial charge is 0.260 e. The molecule has 6 heteroatoms. The lowest BCUT2D eigenvalue weighted by Gasteiger charge is -2.09. The van der Waals surface area contributed by atoms with Gasteiger partial charge in [0.2, 0.25) is 0 Å². The molecule has 5 nitrogen and oxygen atoms in total. The summed E-state index contributed by atoms with van der Waals surface area (Å²) >= 11 is 1.59. The number of fused-ring (bicyclic) bond motifs is 3. The van der Waals surface area contributed by atoms with Gasteiger partial charge in [-0.25, -0.2) is 4.98 Å². The topological polar surface area (TPSA) is 75.2 Å². The van der Waals surface area contributed by atoms with E-state index in [-0.39, 0.29) is 11.3 Å². The third-order valence-corrected chi connectivity index (χ3v) is 5.47. The van der Waals surface area contributed by atoms with E-state index in [1.54, 1.807) is 30.6 Å². The summed E-state index contributed by atoms with van der Waals surface area (Å²) in [6, 6.07) is 4.88. The molecule has 0 spiro atoms. The monoisotopic (exact) mass is 328 g/mol. The number of aromatic hydroxyl groups is 1. The highest BCUT2D eigenvalue weighted by molar-refractivity contribution is 7.18. The zero-order chi connectivity index (χ0) is 16.0. The number of phenolic OH excluding ortho intramolecular Hbond substituents is 1. The molecule has 0 bridgehead atoms. The van der Waals surface area contributed by atoms with Crippen molar-refractivity contribution in [1.29, 1.82) is 0 Å². The lowest BCUT2D eigenvalue weighted by Crippen LogP contribution is -2.11. The van der Waals surface area contributed by atoms with Gasteiger partial charge in [0, 0.05) is 4.88 Å². The van der Waals surface area contributed by atoms with Crippen LogP contribution in [0, 0.1) is 0 Å². The lowest BCUT2D eigenvalue weighted by atomic mass is 9.97. The molecule has 0 atom stereocenters. The number of thiophene rings is 1. The molecule has 4 rings (SSSR count). The second-order valence-electron chi connectivity index (χ2n) is 5.69. The standard InChI is InChI=1S/C17H16N2O3S/c1-22-9-6-7-12(20)11(8-9)15-18-16(21)14-10-4-2-3-5-13(10)23-17(14)19-15/h6-8,20H,2-5H2,1H3,(H,18,19,21). The third-order valence-electron chi connectivity index (χ3n) is 4.28. The molecular weight excluding hydrogens is 312 g/mol. The van der Waals surface area contributed by atoms with Gasteiger partial charge in [-0.3, -0.25) is 4.79 Å². The molecule has 0 saturated carbocycles. The van der Waals surface area contributed by atoms with Crippen LogP contribution in [0.4, 0.5) is 0 Å². The Kier molecular flexibility index (Phi) is 3.34. The summed E-state index contributed by atoms with van der Waals surface area (Å²) in [5.41, 5.74) is 1.49. The Morgan fingerprint density at radius 2 is 2.13 bits per heavy atom. The number of aromatic nitrogens is 2. The Balaban J connectivity index is 1.94. The quantitative estimate of drug-likeness (QED) is 0.757. The van der Waals surface area contributed by atoms with E-state index in [9.17, 15) is 9.90 Å². The number of H-pyrrole nitrogens is 1. The van der Waals surface area contributed by atoms with Gasteiger partial charge in [0.15, 0.2) is 0 Å². The van der Waals surface area contributed by atoms with Crippen LogP contribution in [-0.2, 0) is 12.8 Å². The van der Waals surface area contributed by atoms with Crippen LogP contribution in [0.3, 0.4) is 0 Å². The number of nitrogens with one attached hydrogen (secondary N) is 1. The number of hydrogen-bond acceptors (Lipinski definition) is 5. The molecule has 2 aromatic heterocycles. The highest BCUT2D eigenvalue weighted by Crippen LogP contribution is 2.36. The number of aromatic amines is 1. The van der Waals surface area contributed by atoms with Crippen LogP contribution < -0.4 is 10.3 Å². The molecule has 1 aliphatic rings. The molecule has 0 saturated heterocycles. The first kappa shape index (κ1) is 14.3. The predicted molar refractivity (Wildman–Crippen MR) is 90.5 cm³/mol. The molecule has 0 unspecified atom stereocenters. The average molecular weight is 328 g/mol. The first-order valence-electron chi connectivity index (χ1n) is 7.59. The van der Waals surface area contributed by atoms with E-state index in [0.717, 1.165) is 35.0 Å². The first-order chi connectivity index (χ1) is 11.2. The minimum Gasteiger partial charge on any atom is -0.507 e. The zero-order valence-electron chi connectivity index (χ0n) is 12.7. The molecular formula is C17H16N2O3S. The van der Waals surface area contributed by atoms with Gasteiger partial charge < -0.3 is 14.8 Å².